The maximum atomic E-state index is 8.50. The molecule has 0 spiro atoms. The van der Waals surface area contributed by atoms with Crippen LogP contribution in [0.1, 0.15) is 47.5 Å². The smallest absolute Gasteiger partial charge is 0.259 e. The number of nitrogens with zero attached hydrogens (tertiary/aromatic N) is 3. The summed E-state index contributed by atoms with van der Waals surface area (Å²) in [6.07, 6.45) is -0.228. The molecule has 0 aliphatic carbocycles. The van der Waals surface area contributed by atoms with E-state index in [0.717, 1.165) is 0 Å². The van der Waals surface area contributed by atoms with E-state index in [4.69, 9.17) is 47.7 Å². The van der Waals surface area contributed by atoms with Crippen molar-refractivity contribution >= 4 is 16.4 Å². The van der Waals surface area contributed by atoms with Crippen LogP contribution in [-0.2, 0) is 28.0 Å². The third-order valence-corrected chi connectivity index (χ3v) is 6.61. The van der Waals surface area contributed by atoms with Gasteiger partial charge >= 0.3 is 0 Å². The zero-order valence-corrected chi connectivity index (χ0v) is 20.1. The lowest BCUT2D eigenvalue weighted by molar-refractivity contribution is -0.161. The molecule has 174 valence electrons. The molecule has 0 aromatic heterocycles. The summed E-state index contributed by atoms with van der Waals surface area (Å²) in [5, 5.41) is 8.50. The molecule has 1 heterocycles. The Morgan fingerprint density at radius 3 is 2.45 bits per heavy atom. The summed E-state index contributed by atoms with van der Waals surface area (Å²) in [5.74, 6) is 0. The van der Waals surface area contributed by atoms with E-state index in [9.17, 15) is 0 Å². The van der Waals surface area contributed by atoms with Crippen molar-refractivity contribution in [1.82, 2.24) is 4.67 Å². The van der Waals surface area contributed by atoms with Crippen LogP contribution in [0.15, 0.2) is 0 Å². The van der Waals surface area contributed by atoms with Gasteiger partial charge in [0.2, 0.25) is 6.54 Å². The number of rotatable bonds is 16. The molecule has 1 aliphatic heterocycles. The van der Waals surface area contributed by atoms with Crippen molar-refractivity contribution in [2.75, 3.05) is 33.3 Å². The Kier molecular flexibility index (Phi) is 14.5. The number of ether oxygens (including phenoxy) is 4. The van der Waals surface area contributed by atoms with Crippen LogP contribution in [-0.4, -0.2) is 82.3 Å². The summed E-state index contributed by atoms with van der Waals surface area (Å²) >= 11 is 0. The van der Waals surface area contributed by atoms with E-state index in [-0.39, 0.29) is 44.9 Å². The van der Waals surface area contributed by atoms with Crippen LogP contribution in [0.3, 0.4) is 0 Å². The molecule has 11 heteroatoms. The molecule has 2 unspecified atom stereocenters. The minimum atomic E-state index is -1.45. The van der Waals surface area contributed by atoms with Gasteiger partial charge < -0.3 is 32.8 Å². The van der Waals surface area contributed by atoms with Crippen LogP contribution in [0, 0.1) is 17.9 Å². The van der Waals surface area contributed by atoms with Crippen LogP contribution in [0.25, 0.3) is 4.85 Å². The Morgan fingerprint density at radius 1 is 1.16 bits per heavy atom. The quantitative estimate of drug-likeness (QED) is 0.115. The molecule has 0 N–H and O–H groups in total. The Morgan fingerprint density at radius 2 is 1.87 bits per heavy atom. The largest absolute Gasteiger partial charge is 0.379 e. The van der Waals surface area contributed by atoms with Gasteiger partial charge in [0.05, 0.1) is 25.2 Å². The van der Waals surface area contributed by atoms with Crippen LogP contribution < -0.4 is 0 Å². The van der Waals surface area contributed by atoms with Gasteiger partial charge in [-0.3, -0.25) is 0 Å². The molecule has 1 fully saturated rings. The van der Waals surface area contributed by atoms with E-state index >= 15 is 0 Å². The summed E-state index contributed by atoms with van der Waals surface area (Å²) < 4.78 is 36.8. The summed E-state index contributed by atoms with van der Waals surface area (Å²) in [6, 6.07) is 1.70. The summed E-state index contributed by atoms with van der Waals surface area (Å²) in [6.45, 7) is 18.2. The van der Waals surface area contributed by atoms with Gasteiger partial charge in [0, 0.05) is 18.1 Å². The fraction of sp³-hybridized carbons (Fsp3) is 0.900. The molecular weight excluding hydrogens is 420 g/mol. The van der Waals surface area contributed by atoms with Crippen molar-refractivity contribution in [3.8, 4) is 6.07 Å². The second-order valence-corrected chi connectivity index (χ2v) is 8.93. The van der Waals surface area contributed by atoms with Crippen molar-refractivity contribution < 1.29 is 28.0 Å². The lowest BCUT2D eigenvalue weighted by Crippen LogP contribution is -2.41. The third kappa shape index (κ3) is 9.69. The van der Waals surface area contributed by atoms with Gasteiger partial charge in [-0.15, -0.1) is 0 Å². The van der Waals surface area contributed by atoms with Crippen LogP contribution in [0.5, 0.6) is 0 Å². The highest BCUT2D eigenvalue weighted by molar-refractivity contribution is 7.44. The monoisotopic (exact) mass is 455 g/mol. The Hall–Kier alpha value is -0.805. The van der Waals surface area contributed by atoms with E-state index in [0.29, 0.717) is 19.4 Å². The van der Waals surface area contributed by atoms with Gasteiger partial charge in [0.25, 0.3) is 8.53 Å². The third-order valence-electron chi connectivity index (χ3n) is 4.48. The van der Waals surface area contributed by atoms with Crippen LogP contribution in [0.4, 0.5) is 0 Å². The molecular formula is C20H35BN3O6P. The average Bonchev–Trinajstić information content (AvgIpc) is 3.01. The van der Waals surface area contributed by atoms with Gasteiger partial charge in [0.15, 0.2) is 0 Å². The molecule has 5 atom stereocenters. The van der Waals surface area contributed by atoms with Crippen molar-refractivity contribution in [2.45, 2.75) is 83.9 Å². The maximum Gasteiger partial charge on any atom is 0.259 e. The topological polar surface area (TPSA) is 86.8 Å². The van der Waals surface area contributed by atoms with Crippen LogP contribution in [0.2, 0.25) is 0 Å². The first-order valence-corrected chi connectivity index (χ1v) is 11.8. The van der Waals surface area contributed by atoms with E-state index in [2.05, 4.69) is 37.2 Å². The molecule has 1 saturated heterocycles. The van der Waals surface area contributed by atoms with E-state index in [1.165, 1.54) is 0 Å². The highest BCUT2D eigenvalue weighted by atomic mass is 31.2. The summed E-state index contributed by atoms with van der Waals surface area (Å²) in [4.78, 5) is 3.37. The second kappa shape index (κ2) is 15.9. The molecule has 1 rings (SSSR count). The molecule has 31 heavy (non-hydrogen) atoms. The Labute approximate surface area is 189 Å². The molecule has 0 saturated carbocycles. The average molecular weight is 455 g/mol. The predicted octanol–water partition coefficient (Wildman–Crippen LogP) is 3.20. The van der Waals surface area contributed by atoms with E-state index in [1.807, 2.05) is 13.0 Å². The SMILES string of the molecule is [B][C@@H]1O[C@H](CC)C(OP(OCC[N+]#[C-])N(C(C)C)C(C)C)[C@@H]1OCOCOCCC#N. The van der Waals surface area contributed by atoms with Gasteiger partial charge in [0.1, 0.15) is 40.2 Å². The molecule has 1 aliphatic rings. The Bertz CT molecular complexity index is 566. The van der Waals surface area contributed by atoms with Gasteiger partial charge in [-0.1, -0.05) is 6.92 Å². The maximum absolute atomic E-state index is 8.50. The molecule has 0 bridgehead atoms. The van der Waals surface area contributed by atoms with Crippen molar-refractivity contribution in [3.05, 3.63) is 11.4 Å². The van der Waals surface area contributed by atoms with Gasteiger partial charge in [-0.05, 0) is 34.1 Å². The normalized spacial score (nSPS) is 24.6. The zero-order valence-electron chi connectivity index (χ0n) is 19.2. The molecule has 2 radical (unpaired) electrons. The van der Waals surface area contributed by atoms with Crippen molar-refractivity contribution in [2.24, 2.45) is 0 Å². The number of hydrogen-bond donors (Lipinski definition) is 0. The predicted molar refractivity (Wildman–Crippen MR) is 118 cm³/mol. The fourth-order valence-electron chi connectivity index (χ4n) is 3.19. The number of hydrogen-bond acceptors (Lipinski definition) is 8. The first kappa shape index (κ1) is 28.2. The minimum absolute atomic E-state index is 0.0220. The van der Waals surface area contributed by atoms with Crippen LogP contribution >= 0.6 is 8.53 Å². The highest BCUT2D eigenvalue weighted by Gasteiger charge is 2.46. The molecule has 0 aromatic carbocycles. The summed E-state index contributed by atoms with van der Waals surface area (Å²) in [7, 11) is 4.72. The second-order valence-electron chi connectivity index (χ2n) is 7.53. The summed E-state index contributed by atoms with van der Waals surface area (Å²) in [5.41, 5.74) is 0. The standard InChI is InChI=1S/C20H35BN3O6P/c1-7-17-18(19(20(21)29-17)27-14-26-13-25-11-8-9-22)30-31(28-12-10-23-6)24(15(2)3)16(4)5/h15-20H,7-8,10-14H2,1-5H3/t17-,18?,19+,20-,31?/m1/s1. The first-order chi connectivity index (χ1) is 14.9. The fourth-order valence-corrected chi connectivity index (χ4v) is 4.95. The molecule has 0 amide bonds. The van der Waals surface area contributed by atoms with Gasteiger partial charge in [-0.2, -0.15) is 5.26 Å². The lowest BCUT2D eigenvalue weighted by atomic mass is 9.92. The highest BCUT2D eigenvalue weighted by Crippen LogP contribution is 2.49. The minimum Gasteiger partial charge on any atom is -0.379 e. The molecule has 0 aromatic rings. The Balaban J connectivity index is 2.81. The number of nitriles is 1. The first-order valence-electron chi connectivity index (χ1n) is 10.6. The van der Waals surface area contributed by atoms with E-state index < -0.39 is 26.7 Å². The zero-order chi connectivity index (χ0) is 23.2. The molecule has 9 nitrogen and oxygen atoms in total. The van der Waals surface area contributed by atoms with Gasteiger partial charge in [-0.25, -0.2) is 11.2 Å². The van der Waals surface area contributed by atoms with Crippen molar-refractivity contribution in [3.63, 3.8) is 0 Å². The lowest BCUT2D eigenvalue weighted by Gasteiger charge is -2.38. The van der Waals surface area contributed by atoms with Crippen molar-refractivity contribution in [1.29, 1.82) is 5.26 Å². The van der Waals surface area contributed by atoms with E-state index in [1.54, 1.807) is 0 Å².